The van der Waals surface area contributed by atoms with Gasteiger partial charge in [-0.25, -0.2) is 0 Å². The van der Waals surface area contributed by atoms with Crippen molar-refractivity contribution in [1.29, 1.82) is 5.26 Å². The van der Waals surface area contributed by atoms with Gasteiger partial charge in [0.05, 0.1) is 24.2 Å². The molecule has 0 radical (unpaired) electrons. The smallest absolute Gasteiger partial charge is 0.273 e. The summed E-state index contributed by atoms with van der Waals surface area (Å²) >= 11 is 0. The lowest BCUT2D eigenvalue weighted by Gasteiger charge is -2.16. The average molecular weight is 279 g/mol. The first-order valence-corrected chi connectivity index (χ1v) is 6.08. The number of non-ortho nitro benzene ring substituents is 1. The van der Waals surface area contributed by atoms with E-state index in [1.165, 1.54) is 25.3 Å². The van der Waals surface area contributed by atoms with Crippen LogP contribution in [0, 0.1) is 21.4 Å². The Morgan fingerprint density at radius 1 is 1.45 bits per heavy atom. The van der Waals surface area contributed by atoms with Crippen molar-refractivity contribution in [3.63, 3.8) is 0 Å². The van der Waals surface area contributed by atoms with Crippen molar-refractivity contribution in [2.75, 3.05) is 13.7 Å². The number of hydrogen-bond acceptors (Lipinski definition) is 6. The topological polar surface area (TPSA) is 97.4 Å². The first-order chi connectivity index (χ1) is 9.47. The van der Waals surface area contributed by atoms with Gasteiger partial charge in [-0.3, -0.25) is 15.4 Å². The van der Waals surface area contributed by atoms with Gasteiger partial charge in [-0.05, 0) is 19.9 Å². The highest BCUT2D eigenvalue weighted by atomic mass is 16.6. The SMILES string of the molecule is COc1cc([N+](=O)[O-])ccc1OCC(C#N)NC(C)C. The van der Waals surface area contributed by atoms with E-state index in [0.29, 0.717) is 5.75 Å². The van der Waals surface area contributed by atoms with Crippen LogP contribution in [0.1, 0.15) is 13.8 Å². The number of nitriles is 1. The summed E-state index contributed by atoms with van der Waals surface area (Å²) in [7, 11) is 1.40. The van der Waals surface area contributed by atoms with Gasteiger partial charge in [-0.15, -0.1) is 0 Å². The second-order valence-electron chi connectivity index (χ2n) is 4.41. The van der Waals surface area contributed by atoms with E-state index in [9.17, 15) is 10.1 Å². The maximum Gasteiger partial charge on any atom is 0.273 e. The average Bonchev–Trinajstić information content (AvgIpc) is 2.42. The van der Waals surface area contributed by atoms with Gasteiger partial charge in [-0.2, -0.15) is 5.26 Å². The number of rotatable bonds is 7. The molecule has 1 atom stereocenters. The fourth-order valence-electron chi connectivity index (χ4n) is 1.59. The Morgan fingerprint density at radius 3 is 2.65 bits per heavy atom. The Balaban J connectivity index is 2.77. The number of methoxy groups -OCH3 is 1. The third kappa shape index (κ3) is 4.40. The lowest BCUT2D eigenvalue weighted by atomic mass is 10.2. The zero-order chi connectivity index (χ0) is 15.1. The van der Waals surface area contributed by atoms with Gasteiger partial charge in [-0.1, -0.05) is 0 Å². The number of ether oxygens (including phenoxy) is 2. The van der Waals surface area contributed by atoms with Crippen molar-refractivity contribution in [1.82, 2.24) is 5.32 Å². The van der Waals surface area contributed by atoms with E-state index in [2.05, 4.69) is 11.4 Å². The van der Waals surface area contributed by atoms with Crippen LogP contribution in [0.25, 0.3) is 0 Å². The van der Waals surface area contributed by atoms with Crippen molar-refractivity contribution in [3.8, 4) is 17.6 Å². The molecule has 0 fully saturated rings. The second kappa shape index (κ2) is 7.31. The molecule has 0 spiro atoms. The molecular weight excluding hydrogens is 262 g/mol. The third-order valence-corrected chi connectivity index (χ3v) is 2.45. The molecule has 1 N–H and O–H groups in total. The van der Waals surface area contributed by atoms with Crippen LogP contribution < -0.4 is 14.8 Å². The van der Waals surface area contributed by atoms with E-state index in [0.717, 1.165) is 0 Å². The summed E-state index contributed by atoms with van der Waals surface area (Å²) in [4.78, 5) is 10.2. The molecule has 1 aromatic rings. The molecule has 0 aliphatic heterocycles. The minimum atomic E-state index is -0.509. The van der Waals surface area contributed by atoms with Crippen molar-refractivity contribution in [2.24, 2.45) is 0 Å². The summed E-state index contributed by atoms with van der Waals surface area (Å²) in [5.74, 6) is 0.629. The number of nitrogens with zero attached hydrogens (tertiary/aromatic N) is 2. The molecule has 0 bridgehead atoms. The summed E-state index contributed by atoms with van der Waals surface area (Å²) < 4.78 is 10.5. The van der Waals surface area contributed by atoms with E-state index in [1.54, 1.807) is 0 Å². The largest absolute Gasteiger partial charge is 0.493 e. The van der Waals surface area contributed by atoms with Crippen molar-refractivity contribution in [3.05, 3.63) is 28.3 Å². The van der Waals surface area contributed by atoms with E-state index >= 15 is 0 Å². The number of benzene rings is 1. The molecule has 0 heterocycles. The van der Waals surface area contributed by atoms with Crippen molar-refractivity contribution >= 4 is 5.69 Å². The van der Waals surface area contributed by atoms with Gasteiger partial charge in [0, 0.05) is 12.1 Å². The quantitative estimate of drug-likeness (QED) is 0.604. The van der Waals surface area contributed by atoms with Crippen LogP contribution in [0.2, 0.25) is 0 Å². The van der Waals surface area contributed by atoms with Gasteiger partial charge in [0.25, 0.3) is 5.69 Å². The summed E-state index contributed by atoms with van der Waals surface area (Å²) in [5, 5.41) is 22.7. The van der Waals surface area contributed by atoms with Crippen molar-refractivity contribution in [2.45, 2.75) is 25.9 Å². The molecule has 0 aliphatic carbocycles. The minimum absolute atomic E-state index is 0.0775. The molecule has 7 heteroatoms. The van der Waals surface area contributed by atoms with Gasteiger partial charge in [0.2, 0.25) is 0 Å². The summed E-state index contributed by atoms with van der Waals surface area (Å²) in [5.41, 5.74) is -0.0775. The molecule has 0 amide bonds. The summed E-state index contributed by atoms with van der Waals surface area (Å²) in [6, 6.07) is 5.85. The fraction of sp³-hybridized carbons (Fsp3) is 0.462. The number of nitrogens with one attached hydrogen (secondary N) is 1. The predicted molar refractivity (Wildman–Crippen MR) is 72.8 cm³/mol. The van der Waals surface area contributed by atoms with Crippen LogP contribution in [-0.2, 0) is 0 Å². The van der Waals surface area contributed by atoms with Gasteiger partial charge >= 0.3 is 0 Å². The maximum absolute atomic E-state index is 10.7. The first-order valence-electron chi connectivity index (χ1n) is 6.08. The Labute approximate surface area is 117 Å². The van der Waals surface area contributed by atoms with E-state index in [1.807, 2.05) is 13.8 Å². The molecule has 1 unspecified atom stereocenters. The molecular formula is C13H17N3O4. The van der Waals surface area contributed by atoms with Gasteiger partial charge in [0.15, 0.2) is 11.5 Å². The monoisotopic (exact) mass is 279 g/mol. The van der Waals surface area contributed by atoms with E-state index in [4.69, 9.17) is 14.7 Å². The zero-order valence-corrected chi connectivity index (χ0v) is 11.6. The van der Waals surface area contributed by atoms with Crippen LogP contribution in [0.5, 0.6) is 11.5 Å². The Morgan fingerprint density at radius 2 is 2.15 bits per heavy atom. The highest BCUT2D eigenvalue weighted by Crippen LogP contribution is 2.31. The lowest BCUT2D eigenvalue weighted by molar-refractivity contribution is -0.384. The van der Waals surface area contributed by atoms with Crippen LogP contribution in [0.4, 0.5) is 5.69 Å². The predicted octanol–water partition coefficient (Wildman–Crippen LogP) is 1.87. The Bertz CT molecular complexity index is 511. The normalized spacial score (nSPS) is 11.8. The Kier molecular flexibility index (Phi) is 5.74. The zero-order valence-electron chi connectivity index (χ0n) is 11.6. The van der Waals surface area contributed by atoms with Crippen LogP contribution in [0.15, 0.2) is 18.2 Å². The minimum Gasteiger partial charge on any atom is -0.493 e. The highest BCUT2D eigenvalue weighted by Gasteiger charge is 2.15. The fourth-order valence-corrected chi connectivity index (χ4v) is 1.59. The molecule has 20 heavy (non-hydrogen) atoms. The van der Waals surface area contributed by atoms with Crippen molar-refractivity contribution < 1.29 is 14.4 Å². The summed E-state index contributed by atoms with van der Waals surface area (Å²) in [6.45, 7) is 3.98. The van der Waals surface area contributed by atoms with E-state index in [-0.39, 0.29) is 24.1 Å². The van der Waals surface area contributed by atoms with Gasteiger partial charge < -0.3 is 9.47 Å². The molecule has 108 valence electrons. The third-order valence-electron chi connectivity index (χ3n) is 2.45. The van der Waals surface area contributed by atoms with Crippen LogP contribution in [0.3, 0.4) is 0 Å². The lowest BCUT2D eigenvalue weighted by Crippen LogP contribution is -2.37. The Hall–Kier alpha value is -2.33. The standard InChI is InChI=1S/C13H17N3O4/c1-9(2)15-10(7-14)8-20-12-5-4-11(16(17)18)6-13(12)19-3/h4-6,9-10,15H,8H2,1-3H3. The molecule has 7 nitrogen and oxygen atoms in total. The van der Waals surface area contributed by atoms with E-state index < -0.39 is 11.0 Å². The molecule has 0 aromatic heterocycles. The van der Waals surface area contributed by atoms with Crippen LogP contribution in [-0.4, -0.2) is 30.7 Å². The molecule has 1 aromatic carbocycles. The van der Waals surface area contributed by atoms with Gasteiger partial charge in [0.1, 0.15) is 12.6 Å². The highest BCUT2D eigenvalue weighted by molar-refractivity contribution is 5.48. The second-order valence-corrected chi connectivity index (χ2v) is 4.41. The molecule has 0 aliphatic rings. The molecule has 1 rings (SSSR count). The molecule has 0 saturated heterocycles. The first kappa shape index (κ1) is 15.7. The molecule has 0 saturated carbocycles. The number of nitro benzene ring substituents is 1. The summed E-state index contributed by atoms with van der Waals surface area (Å²) in [6.07, 6.45) is 0. The maximum atomic E-state index is 10.7. The van der Waals surface area contributed by atoms with Crippen LogP contribution >= 0.6 is 0 Å². The number of hydrogen-bond donors (Lipinski definition) is 1. The number of nitro groups is 1.